The van der Waals surface area contributed by atoms with Crippen molar-refractivity contribution in [2.75, 3.05) is 12.3 Å². The van der Waals surface area contributed by atoms with Crippen molar-refractivity contribution >= 4 is 11.6 Å². The van der Waals surface area contributed by atoms with E-state index in [4.69, 9.17) is 10.5 Å². The van der Waals surface area contributed by atoms with Gasteiger partial charge in [-0.25, -0.2) is 9.97 Å². The molecule has 0 atom stereocenters. The van der Waals surface area contributed by atoms with Crippen molar-refractivity contribution < 1.29 is 9.53 Å². The van der Waals surface area contributed by atoms with Crippen LogP contribution in [0.3, 0.4) is 0 Å². The third-order valence-corrected chi connectivity index (χ3v) is 2.84. The Hall–Kier alpha value is -2.63. The molecule has 1 amide bonds. The highest BCUT2D eigenvalue weighted by Crippen LogP contribution is 2.26. The van der Waals surface area contributed by atoms with Crippen molar-refractivity contribution in [1.82, 2.24) is 15.3 Å². The molecule has 1 aromatic carbocycles. The molecule has 0 aliphatic carbocycles. The van der Waals surface area contributed by atoms with Crippen LogP contribution < -0.4 is 15.8 Å². The smallest absolute Gasteiger partial charge is 0.255 e. The number of nitrogens with two attached hydrogens (primary N) is 1. The molecule has 0 spiro atoms. The van der Waals surface area contributed by atoms with Crippen LogP contribution in [0.4, 0.5) is 5.69 Å². The molecule has 3 N–H and O–H groups in total. The van der Waals surface area contributed by atoms with E-state index in [0.717, 1.165) is 5.69 Å². The molecule has 0 aliphatic heterocycles. The molecule has 0 fully saturated rings. The molecular weight excluding hydrogens is 268 g/mol. The van der Waals surface area contributed by atoms with E-state index >= 15 is 0 Å². The van der Waals surface area contributed by atoms with E-state index in [0.29, 0.717) is 36.0 Å². The highest BCUT2D eigenvalue weighted by atomic mass is 16.5. The lowest BCUT2D eigenvalue weighted by atomic mass is 10.1. The van der Waals surface area contributed by atoms with Gasteiger partial charge >= 0.3 is 0 Å². The summed E-state index contributed by atoms with van der Waals surface area (Å²) in [6.07, 6.45) is 1.66. The fourth-order valence-corrected chi connectivity index (χ4v) is 1.91. The zero-order valence-electron chi connectivity index (χ0n) is 12.1. The molecule has 0 aliphatic rings. The molecule has 2 aromatic rings. The fraction of sp³-hybridized carbons (Fsp3) is 0.267. The van der Waals surface area contributed by atoms with E-state index in [2.05, 4.69) is 15.3 Å². The molecule has 1 aromatic heterocycles. The van der Waals surface area contributed by atoms with Crippen LogP contribution in [-0.4, -0.2) is 22.5 Å². The first-order valence-corrected chi connectivity index (χ1v) is 6.69. The van der Waals surface area contributed by atoms with E-state index in [1.165, 1.54) is 0 Å². The van der Waals surface area contributed by atoms with Crippen LogP contribution in [0, 0.1) is 6.92 Å². The van der Waals surface area contributed by atoms with Gasteiger partial charge in [0.25, 0.3) is 5.91 Å². The van der Waals surface area contributed by atoms with Crippen LogP contribution in [0.15, 0.2) is 30.5 Å². The Kier molecular flexibility index (Phi) is 4.71. The highest BCUT2D eigenvalue weighted by Gasteiger charge is 2.14. The number of nitrogen functional groups attached to an aromatic ring is 1. The summed E-state index contributed by atoms with van der Waals surface area (Å²) in [5.41, 5.74) is 7.46. The maximum absolute atomic E-state index is 12.3. The van der Waals surface area contributed by atoms with E-state index in [1.807, 2.05) is 6.92 Å². The van der Waals surface area contributed by atoms with Gasteiger partial charge in [0.05, 0.1) is 30.1 Å². The number of nitrogens with one attached hydrogen (secondary N) is 1. The average Bonchev–Trinajstić information content (AvgIpc) is 2.47. The third kappa shape index (κ3) is 3.68. The average molecular weight is 286 g/mol. The molecule has 0 radical (unpaired) electrons. The number of ether oxygens (including phenoxy) is 1. The van der Waals surface area contributed by atoms with Crippen molar-refractivity contribution in [3.8, 4) is 5.75 Å². The fourth-order valence-electron chi connectivity index (χ4n) is 1.91. The van der Waals surface area contributed by atoms with E-state index < -0.39 is 0 Å². The number of nitrogens with zero attached hydrogens (tertiary/aromatic N) is 2. The van der Waals surface area contributed by atoms with Gasteiger partial charge < -0.3 is 15.8 Å². The summed E-state index contributed by atoms with van der Waals surface area (Å²) in [4.78, 5) is 20.5. The number of hydrogen-bond donors (Lipinski definition) is 2. The van der Waals surface area contributed by atoms with Gasteiger partial charge in [0.2, 0.25) is 0 Å². The summed E-state index contributed by atoms with van der Waals surface area (Å²) >= 11 is 0. The van der Waals surface area contributed by atoms with Gasteiger partial charge in [-0.2, -0.15) is 0 Å². The van der Waals surface area contributed by atoms with Gasteiger partial charge in [-0.15, -0.1) is 0 Å². The molecule has 0 unspecified atom stereocenters. The molecule has 6 heteroatoms. The Morgan fingerprint density at radius 3 is 2.90 bits per heavy atom. The molecule has 0 saturated carbocycles. The van der Waals surface area contributed by atoms with Crippen molar-refractivity contribution in [3.63, 3.8) is 0 Å². The maximum Gasteiger partial charge on any atom is 0.255 e. The van der Waals surface area contributed by atoms with Gasteiger partial charge in [0, 0.05) is 6.20 Å². The molecule has 110 valence electrons. The minimum absolute atomic E-state index is 0.248. The zero-order valence-corrected chi connectivity index (χ0v) is 12.1. The minimum atomic E-state index is -0.248. The van der Waals surface area contributed by atoms with Crippen molar-refractivity contribution in [1.29, 1.82) is 0 Å². The summed E-state index contributed by atoms with van der Waals surface area (Å²) < 4.78 is 5.45. The summed E-state index contributed by atoms with van der Waals surface area (Å²) in [7, 11) is 0. The molecule has 0 bridgehead atoms. The molecule has 6 nitrogen and oxygen atoms in total. The second-order valence-electron chi connectivity index (χ2n) is 4.43. The monoisotopic (exact) mass is 286 g/mol. The SMILES string of the molecule is CCOc1c(N)cccc1C(=O)NCc1ccnc(C)n1. The zero-order chi connectivity index (χ0) is 15.2. The van der Waals surface area contributed by atoms with Crippen LogP contribution >= 0.6 is 0 Å². The summed E-state index contributed by atoms with van der Waals surface area (Å²) in [5, 5.41) is 2.80. The van der Waals surface area contributed by atoms with Gasteiger partial charge in [0.15, 0.2) is 5.75 Å². The Balaban J connectivity index is 2.12. The van der Waals surface area contributed by atoms with E-state index in [9.17, 15) is 4.79 Å². The molecule has 0 saturated heterocycles. The topological polar surface area (TPSA) is 90.1 Å². The predicted molar refractivity (Wildman–Crippen MR) is 80.0 cm³/mol. The van der Waals surface area contributed by atoms with Crippen molar-refractivity contribution in [2.24, 2.45) is 0 Å². The van der Waals surface area contributed by atoms with Crippen LogP contribution in [0.1, 0.15) is 28.8 Å². The Bertz CT molecular complexity index is 643. The number of para-hydroxylation sites is 1. The summed E-state index contributed by atoms with van der Waals surface area (Å²) in [6.45, 7) is 4.41. The van der Waals surface area contributed by atoms with Gasteiger partial charge in [0.1, 0.15) is 5.82 Å². The Labute approximate surface area is 123 Å². The number of carbonyl (C=O) groups is 1. The van der Waals surface area contributed by atoms with Crippen LogP contribution in [0.2, 0.25) is 0 Å². The molecular formula is C15H18N4O2. The second kappa shape index (κ2) is 6.69. The number of aromatic nitrogens is 2. The quantitative estimate of drug-likeness (QED) is 0.816. The summed E-state index contributed by atoms with van der Waals surface area (Å²) in [6, 6.07) is 6.87. The first kappa shape index (κ1) is 14.8. The number of carbonyl (C=O) groups excluding carboxylic acids is 1. The lowest BCUT2D eigenvalue weighted by Gasteiger charge is -2.12. The normalized spacial score (nSPS) is 10.2. The standard InChI is InChI=1S/C15H18N4O2/c1-3-21-14-12(5-4-6-13(14)16)15(20)18-9-11-7-8-17-10(2)19-11/h4-8H,3,9,16H2,1-2H3,(H,18,20). The number of anilines is 1. The van der Waals surface area contributed by atoms with Crippen molar-refractivity contribution in [3.05, 3.63) is 47.5 Å². The van der Waals surface area contributed by atoms with Crippen LogP contribution in [0.5, 0.6) is 5.75 Å². The summed E-state index contributed by atoms with van der Waals surface area (Å²) in [5.74, 6) is 0.832. The third-order valence-electron chi connectivity index (χ3n) is 2.84. The predicted octanol–water partition coefficient (Wildman–Crippen LogP) is 1.70. The second-order valence-corrected chi connectivity index (χ2v) is 4.43. The number of benzene rings is 1. The number of amides is 1. The first-order chi connectivity index (χ1) is 10.1. The van der Waals surface area contributed by atoms with E-state index in [1.54, 1.807) is 37.4 Å². The minimum Gasteiger partial charge on any atom is -0.491 e. The van der Waals surface area contributed by atoms with Gasteiger partial charge in [-0.3, -0.25) is 4.79 Å². The number of hydrogen-bond acceptors (Lipinski definition) is 5. The lowest BCUT2D eigenvalue weighted by molar-refractivity contribution is 0.0946. The molecule has 21 heavy (non-hydrogen) atoms. The van der Waals surface area contributed by atoms with Crippen molar-refractivity contribution in [2.45, 2.75) is 20.4 Å². The largest absolute Gasteiger partial charge is 0.491 e. The molecule has 2 rings (SSSR count). The van der Waals surface area contributed by atoms with Crippen LogP contribution in [0.25, 0.3) is 0 Å². The first-order valence-electron chi connectivity index (χ1n) is 6.69. The number of rotatable bonds is 5. The maximum atomic E-state index is 12.3. The van der Waals surface area contributed by atoms with Gasteiger partial charge in [-0.05, 0) is 32.0 Å². The Morgan fingerprint density at radius 2 is 2.19 bits per heavy atom. The van der Waals surface area contributed by atoms with Crippen LogP contribution in [-0.2, 0) is 6.54 Å². The van der Waals surface area contributed by atoms with Gasteiger partial charge in [-0.1, -0.05) is 6.07 Å². The van der Waals surface area contributed by atoms with E-state index in [-0.39, 0.29) is 5.91 Å². The Morgan fingerprint density at radius 1 is 1.38 bits per heavy atom. The lowest BCUT2D eigenvalue weighted by Crippen LogP contribution is -2.24. The highest BCUT2D eigenvalue weighted by molar-refractivity contribution is 5.98. The number of aryl methyl sites for hydroxylation is 1. The molecule has 1 heterocycles.